The van der Waals surface area contributed by atoms with Crippen LogP contribution >= 0.6 is 0 Å². The van der Waals surface area contributed by atoms with Gasteiger partial charge in [0.15, 0.2) is 5.76 Å². The molecule has 0 radical (unpaired) electrons. The van der Waals surface area contributed by atoms with E-state index < -0.39 is 0 Å². The van der Waals surface area contributed by atoms with Gasteiger partial charge < -0.3 is 13.9 Å². The summed E-state index contributed by atoms with van der Waals surface area (Å²) >= 11 is 0. The minimum Gasteiger partial charge on any atom is -0.453 e. The zero-order valence-electron chi connectivity index (χ0n) is 11.8. The Morgan fingerprint density at radius 2 is 1.95 bits per heavy atom. The average molecular weight is 276 g/mol. The summed E-state index contributed by atoms with van der Waals surface area (Å²) in [6, 6.07) is 9.30. The van der Waals surface area contributed by atoms with Gasteiger partial charge in [-0.05, 0) is 18.6 Å². The molecule has 20 heavy (non-hydrogen) atoms. The Bertz CT molecular complexity index is 511. The number of benzene rings is 1. The van der Waals surface area contributed by atoms with Crippen molar-refractivity contribution in [2.24, 2.45) is 0 Å². The van der Waals surface area contributed by atoms with Gasteiger partial charge in [-0.25, -0.2) is 0 Å². The summed E-state index contributed by atoms with van der Waals surface area (Å²) < 4.78 is 16.1. The van der Waals surface area contributed by atoms with Crippen molar-refractivity contribution in [3.63, 3.8) is 0 Å². The molecule has 4 heteroatoms. The third kappa shape index (κ3) is 4.18. The monoisotopic (exact) mass is 276 g/mol. The Morgan fingerprint density at radius 3 is 2.75 bits per heavy atom. The molecule has 0 N–H and O–H groups in total. The molecule has 0 aliphatic heterocycles. The van der Waals surface area contributed by atoms with Crippen molar-refractivity contribution in [2.45, 2.75) is 19.8 Å². The number of Topliss-reactive ketones (excluding diaryl/α,β-unsaturated/α-hetero) is 1. The lowest BCUT2D eigenvalue weighted by atomic mass is 10.2. The van der Waals surface area contributed by atoms with Crippen LogP contribution in [0.1, 0.15) is 30.3 Å². The molecule has 1 aromatic heterocycles. The van der Waals surface area contributed by atoms with E-state index in [0.29, 0.717) is 19.0 Å². The van der Waals surface area contributed by atoms with Crippen LogP contribution in [0.25, 0.3) is 11.0 Å². The maximum Gasteiger partial charge on any atom is 0.223 e. The molecule has 0 bridgehead atoms. The van der Waals surface area contributed by atoms with Gasteiger partial charge in [0.1, 0.15) is 12.2 Å². The van der Waals surface area contributed by atoms with Crippen molar-refractivity contribution < 1.29 is 18.7 Å². The molecule has 0 saturated heterocycles. The number of carbonyl (C=O) groups is 1. The Labute approximate surface area is 118 Å². The van der Waals surface area contributed by atoms with E-state index in [1.165, 1.54) is 0 Å². The number of ketones is 1. The summed E-state index contributed by atoms with van der Waals surface area (Å²) in [6.07, 6.45) is 2.17. The van der Waals surface area contributed by atoms with Gasteiger partial charge in [0, 0.05) is 12.0 Å². The lowest BCUT2D eigenvalue weighted by Crippen LogP contribution is -2.12. The van der Waals surface area contributed by atoms with Crippen molar-refractivity contribution in [1.29, 1.82) is 0 Å². The predicted molar refractivity (Wildman–Crippen MR) is 77.1 cm³/mol. The Balaban J connectivity index is 1.72. The number of carbonyl (C=O) groups excluding carboxylic acids is 1. The topological polar surface area (TPSA) is 48.7 Å². The molecule has 0 saturated carbocycles. The molecule has 1 aromatic carbocycles. The van der Waals surface area contributed by atoms with Gasteiger partial charge >= 0.3 is 0 Å². The summed E-state index contributed by atoms with van der Waals surface area (Å²) in [6.45, 7) is 3.84. The number of para-hydroxylation sites is 1. The SMILES string of the molecule is CCCCOCCOCC(=O)c1cc2ccccc2o1. The first-order valence-electron chi connectivity index (χ1n) is 6.98. The Morgan fingerprint density at radius 1 is 1.15 bits per heavy atom. The molecule has 1 heterocycles. The second-order valence-electron chi connectivity index (χ2n) is 4.59. The van der Waals surface area contributed by atoms with E-state index in [9.17, 15) is 4.79 Å². The molecule has 0 fully saturated rings. The maximum absolute atomic E-state index is 11.9. The number of ether oxygens (including phenoxy) is 2. The third-order valence-electron chi connectivity index (χ3n) is 2.95. The number of fused-ring (bicyclic) bond motifs is 1. The van der Waals surface area contributed by atoms with Crippen LogP contribution < -0.4 is 0 Å². The number of hydrogen-bond acceptors (Lipinski definition) is 4. The fraction of sp³-hybridized carbons (Fsp3) is 0.438. The van der Waals surface area contributed by atoms with Crippen molar-refractivity contribution in [3.05, 3.63) is 36.1 Å². The number of rotatable bonds is 9. The van der Waals surface area contributed by atoms with Crippen LogP contribution in [-0.2, 0) is 9.47 Å². The highest BCUT2D eigenvalue weighted by molar-refractivity contribution is 5.98. The van der Waals surface area contributed by atoms with E-state index in [1.807, 2.05) is 24.3 Å². The molecule has 0 amide bonds. The van der Waals surface area contributed by atoms with Gasteiger partial charge in [-0.1, -0.05) is 31.5 Å². The first-order chi connectivity index (χ1) is 9.81. The normalized spacial score (nSPS) is 11.1. The van der Waals surface area contributed by atoms with Gasteiger partial charge in [0.05, 0.1) is 13.2 Å². The largest absolute Gasteiger partial charge is 0.453 e. The quantitative estimate of drug-likeness (QED) is 0.520. The second-order valence-corrected chi connectivity index (χ2v) is 4.59. The zero-order valence-corrected chi connectivity index (χ0v) is 11.8. The minimum atomic E-state index is -0.144. The number of furan rings is 1. The minimum absolute atomic E-state index is 0.0248. The molecule has 0 aliphatic rings. The lowest BCUT2D eigenvalue weighted by molar-refractivity contribution is 0.0421. The predicted octanol–water partition coefficient (Wildman–Crippen LogP) is 3.45. The van der Waals surface area contributed by atoms with Crippen LogP contribution in [0.4, 0.5) is 0 Å². The summed E-state index contributed by atoms with van der Waals surface area (Å²) in [5, 5.41) is 0.929. The van der Waals surface area contributed by atoms with Crippen molar-refractivity contribution in [3.8, 4) is 0 Å². The Kier molecular flexibility index (Phi) is 5.77. The number of hydrogen-bond donors (Lipinski definition) is 0. The van der Waals surface area contributed by atoms with Crippen molar-refractivity contribution in [2.75, 3.05) is 26.4 Å². The fourth-order valence-electron chi connectivity index (χ4n) is 1.82. The first-order valence-corrected chi connectivity index (χ1v) is 6.98. The molecule has 0 atom stereocenters. The van der Waals surface area contributed by atoms with Gasteiger partial charge in [-0.3, -0.25) is 4.79 Å². The van der Waals surface area contributed by atoms with E-state index in [2.05, 4.69) is 6.92 Å². The summed E-state index contributed by atoms with van der Waals surface area (Å²) in [7, 11) is 0. The molecule has 2 rings (SSSR count). The van der Waals surface area contributed by atoms with Gasteiger partial charge in [0.2, 0.25) is 5.78 Å². The molecule has 0 aliphatic carbocycles. The molecule has 0 spiro atoms. The summed E-state index contributed by atoms with van der Waals surface area (Å²) in [5.74, 6) is 0.202. The van der Waals surface area contributed by atoms with Gasteiger partial charge in [0.25, 0.3) is 0 Å². The first kappa shape index (κ1) is 14.8. The molecular formula is C16H20O4. The zero-order chi connectivity index (χ0) is 14.2. The maximum atomic E-state index is 11.9. The fourth-order valence-corrected chi connectivity index (χ4v) is 1.82. The number of unbranched alkanes of at least 4 members (excludes halogenated alkanes) is 1. The second kappa shape index (κ2) is 7.82. The van der Waals surface area contributed by atoms with Gasteiger partial charge in [-0.15, -0.1) is 0 Å². The lowest BCUT2D eigenvalue weighted by Gasteiger charge is -2.03. The highest BCUT2D eigenvalue weighted by Crippen LogP contribution is 2.19. The van der Waals surface area contributed by atoms with Crippen LogP contribution in [0.2, 0.25) is 0 Å². The molecular weight excluding hydrogens is 256 g/mol. The molecule has 108 valence electrons. The standard InChI is InChI=1S/C16H20O4/c1-2-3-8-18-9-10-19-12-14(17)16-11-13-6-4-5-7-15(13)20-16/h4-7,11H,2-3,8-10,12H2,1H3. The highest BCUT2D eigenvalue weighted by atomic mass is 16.5. The van der Waals surface area contributed by atoms with Crippen LogP contribution in [-0.4, -0.2) is 32.2 Å². The summed E-state index contributed by atoms with van der Waals surface area (Å²) in [5.41, 5.74) is 0.721. The highest BCUT2D eigenvalue weighted by Gasteiger charge is 2.11. The van der Waals surface area contributed by atoms with Crippen LogP contribution in [0.5, 0.6) is 0 Å². The van der Waals surface area contributed by atoms with Crippen LogP contribution in [0, 0.1) is 0 Å². The van der Waals surface area contributed by atoms with Gasteiger partial charge in [-0.2, -0.15) is 0 Å². The molecule has 2 aromatic rings. The summed E-state index contributed by atoms with van der Waals surface area (Å²) in [4.78, 5) is 11.9. The third-order valence-corrected chi connectivity index (χ3v) is 2.95. The van der Waals surface area contributed by atoms with Crippen molar-refractivity contribution in [1.82, 2.24) is 0 Å². The smallest absolute Gasteiger partial charge is 0.223 e. The average Bonchev–Trinajstić information content (AvgIpc) is 2.90. The van der Waals surface area contributed by atoms with Crippen molar-refractivity contribution >= 4 is 16.8 Å². The van der Waals surface area contributed by atoms with Crippen LogP contribution in [0.3, 0.4) is 0 Å². The Hall–Kier alpha value is -1.65. The van der Waals surface area contributed by atoms with E-state index in [-0.39, 0.29) is 12.4 Å². The van der Waals surface area contributed by atoms with E-state index >= 15 is 0 Å². The van der Waals surface area contributed by atoms with E-state index in [4.69, 9.17) is 13.9 Å². The van der Waals surface area contributed by atoms with Crippen LogP contribution in [0.15, 0.2) is 34.7 Å². The molecule has 4 nitrogen and oxygen atoms in total. The molecule has 0 unspecified atom stereocenters. The van der Waals surface area contributed by atoms with E-state index in [1.54, 1.807) is 6.07 Å². The van der Waals surface area contributed by atoms with E-state index in [0.717, 1.165) is 30.4 Å².